The van der Waals surface area contributed by atoms with Gasteiger partial charge < -0.3 is 58.3 Å². The van der Waals surface area contributed by atoms with E-state index in [0.29, 0.717) is 16.9 Å². The third kappa shape index (κ3) is 18.2. The lowest BCUT2D eigenvalue weighted by Gasteiger charge is -2.39. The van der Waals surface area contributed by atoms with Gasteiger partial charge in [0.15, 0.2) is 0 Å². The first kappa shape index (κ1) is 56.8. The van der Waals surface area contributed by atoms with E-state index in [2.05, 4.69) is 37.2 Å². The number of hydrogen-bond donors (Lipinski definition) is 11. The summed E-state index contributed by atoms with van der Waals surface area (Å²) in [6.45, 7) is 9.62. The number of carboxylic acid groups (broad SMARTS) is 2. The number of thioether (sulfide) groups is 1. The van der Waals surface area contributed by atoms with Crippen LogP contribution < -0.4 is 43.0 Å². The van der Waals surface area contributed by atoms with Gasteiger partial charge in [-0.25, -0.2) is 4.79 Å². The Balaban J connectivity index is 2.03. The second-order valence-electron chi connectivity index (χ2n) is 17.8. The van der Waals surface area contributed by atoms with Crippen LogP contribution in [0.5, 0.6) is 5.75 Å². The van der Waals surface area contributed by atoms with Crippen molar-refractivity contribution < 1.29 is 58.5 Å². The number of nitrogens with one attached hydrogen (secondary N) is 7. The molecule has 0 bridgehead atoms. The minimum absolute atomic E-state index is 0.0220. The lowest BCUT2D eigenvalue weighted by atomic mass is 9.98. The number of aromatic hydroxyl groups is 1. The maximum absolute atomic E-state index is 14.7. The van der Waals surface area contributed by atoms with Crippen molar-refractivity contribution in [2.24, 2.45) is 11.7 Å². The molecule has 23 heteroatoms. The lowest BCUT2D eigenvalue weighted by molar-refractivity contribution is -0.147. The number of hydrogen-bond acceptors (Lipinski definition) is 14. The lowest BCUT2D eigenvalue weighted by Crippen LogP contribution is -2.64. The third-order valence-corrected chi connectivity index (χ3v) is 15.5. The third-order valence-electron chi connectivity index (χ3n) is 10.6. The van der Waals surface area contributed by atoms with Gasteiger partial charge in [0.2, 0.25) is 41.4 Å². The number of nitrogens with two attached hydrogens (primary N) is 1. The van der Waals surface area contributed by atoms with Crippen LogP contribution in [0, 0.1) is 5.92 Å². The molecule has 2 aromatic carbocycles. The summed E-state index contributed by atoms with van der Waals surface area (Å²) >= 11 is 1.34. The molecule has 68 heavy (non-hydrogen) atoms. The Morgan fingerprint density at radius 3 is 1.99 bits per heavy atom. The van der Waals surface area contributed by atoms with Crippen LogP contribution in [-0.4, -0.2) is 139 Å². The van der Waals surface area contributed by atoms with Gasteiger partial charge in [0, 0.05) is 15.9 Å². The molecular formula is C45H64N8O12S3. The highest BCUT2D eigenvalue weighted by molar-refractivity contribution is 8.77. The van der Waals surface area contributed by atoms with E-state index in [-0.39, 0.29) is 37.4 Å². The molecule has 1 unspecified atom stereocenters. The number of carboxylic acids is 2. The van der Waals surface area contributed by atoms with Crippen molar-refractivity contribution in [3.8, 4) is 5.75 Å². The number of amides is 7. The summed E-state index contributed by atoms with van der Waals surface area (Å²) in [7, 11) is 2.22. The summed E-state index contributed by atoms with van der Waals surface area (Å²) in [6, 6.07) is 5.27. The van der Waals surface area contributed by atoms with E-state index in [1.54, 1.807) is 90.3 Å². The molecule has 1 heterocycles. The second kappa shape index (κ2) is 26.3. The van der Waals surface area contributed by atoms with Crippen LogP contribution in [0.1, 0.15) is 71.9 Å². The quantitative estimate of drug-likeness (QED) is 0.0819. The Morgan fingerprint density at radius 2 is 1.40 bits per heavy atom. The number of benzene rings is 2. The molecule has 7 amide bonds. The van der Waals surface area contributed by atoms with E-state index in [1.807, 2.05) is 0 Å². The number of phenols is 1. The first-order valence-electron chi connectivity index (χ1n) is 21.8. The number of rotatable bonds is 20. The van der Waals surface area contributed by atoms with E-state index in [4.69, 9.17) is 5.73 Å². The Morgan fingerprint density at radius 1 is 0.794 bits per heavy atom. The zero-order chi connectivity index (χ0) is 50.9. The highest BCUT2D eigenvalue weighted by Crippen LogP contribution is 2.47. The molecule has 374 valence electrons. The zero-order valence-corrected chi connectivity index (χ0v) is 41.5. The van der Waals surface area contributed by atoms with E-state index >= 15 is 0 Å². The largest absolute Gasteiger partial charge is 0.508 e. The van der Waals surface area contributed by atoms with Crippen molar-refractivity contribution in [1.82, 2.24) is 37.2 Å². The van der Waals surface area contributed by atoms with Gasteiger partial charge in [0.05, 0.1) is 19.0 Å². The minimum Gasteiger partial charge on any atom is -0.508 e. The average molecular weight is 1010 g/mol. The zero-order valence-electron chi connectivity index (χ0n) is 39.1. The first-order valence-corrected chi connectivity index (χ1v) is 25.3. The molecule has 1 saturated heterocycles. The SMILES string of the molecule is CSCC[C@H](NC(=O)[C@H](CC(C)C)NC(=O)C1NC(=O)[C@H](Cc2ccccc2)NC(=O)CNC(=O)[C@H](NC(=O)[C@@H](N)Cc2ccc(O)cc2)C(C)(C)SSC1(C)C)C(=O)N[C@@H](CC(=O)O)C(=O)O. The number of carbonyl (C=O) groups excluding carboxylic acids is 7. The molecule has 0 aromatic heterocycles. The smallest absolute Gasteiger partial charge is 0.326 e. The van der Waals surface area contributed by atoms with Crippen molar-refractivity contribution in [2.75, 3.05) is 18.6 Å². The summed E-state index contributed by atoms with van der Waals surface area (Å²) in [5, 5.41) is 46.8. The predicted molar refractivity (Wildman–Crippen MR) is 260 cm³/mol. The monoisotopic (exact) mass is 1000 g/mol. The van der Waals surface area contributed by atoms with Gasteiger partial charge in [-0.15, -0.1) is 0 Å². The summed E-state index contributed by atoms with van der Waals surface area (Å²) in [5.74, 6) is -8.42. The maximum Gasteiger partial charge on any atom is 0.326 e. The summed E-state index contributed by atoms with van der Waals surface area (Å²) < 4.78 is -2.49. The van der Waals surface area contributed by atoms with Gasteiger partial charge in [-0.2, -0.15) is 11.8 Å². The molecule has 1 fully saturated rings. The fourth-order valence-corrected chi connectivity index (χ4v) is 10.1. The van der Waals surface area contributed by atoms with E-state index in [0.717, 1.165) is 21.6 Å². The van der Waals surface area contributed by atoms with Crippen molar-refractivity contribution in [3.63, 3.8) is 0 Å². The average Bonchev–Trinajstić information content (AvgIpc) is 3.26. The van der Waals surface area contributed by atoms with Crippen molar-refractivity contribution in [3.05, 3.63) is 65.7 Å². The molecule has 2 aromatic rings. The van der Waals surface area contributed by atoms with E-state index in [9.17, 15) is 58.5 Å². The van der Waals surface area contributed by atoms with Gasteiger partial charge in [0.25, 0.3) is 0 Å². The molecule has 3 rings (SSSR count). The fourth-order valence-electron chi connectivity index (χ4n) is 6.85. The molecule has 1 aliphatic heterocycles. The van der Waals surface area contributed by atoms with Crippen LogP contribution in [0.25, 0.3) is 0 Å². The second-order valence-corrected chi connectivity index (χ2v) is 22.2. The van der Waals surface area contributed by atoms with Crippen LogP contribution in [-0.2, 0) is 56.0 Å². The molecule has 1 aliphatic rings. The fraction of sp³-hybridized carbons (Fsp3) is 0.533. The van der Waals surface area contributed by atoms with Gasteiger partial charge >= 0.3 is 11.9 Å². The first-order chi connectivity index (χ1) is 31.8. The summed E-state index contributed by atoms with van der Waals surface area (Å²) in [5.41, 5.74) is 7.60. The van der Waals surface area contributed by atoms with Crippen LogP contribution in [0.2, 0.25) is 0 Å². The number of phenolic OH excluding ortho intramolecular Hbond substituents is 1. The Bertz CT molecular complexity index is 2110. The van der Waals surface area contributed by atoms with Crippen LogP contribution in [0.4, 0.5) is 0 Å². The van der Waals surface area contributed by atoms with E-state index in [1.165, 1.54) is 23.9 Å². The van der Waals surface area contributed by atoms with Gasteiger partial charge in [-0.3, -0.25) is 38.4 Å². The maximum atomic E-state index is 14.7. The molecule has 12 N–H and O–H groups in total. The molecule has 7 atom stereocenters. The van der Waals surface area contributed by atoms with Crippen molar-refractivity contribution in [1.29, 1.82) is 0 Å². The van der Waals surface area contributed by atoms with Crippen LogP contribution >= 0.6 is 33.3 Å². The highest BCUT2D eigenvalue weighted by atomic mass is 33.1. The van der Waals surface area contributed by atoms with E-state index < -0.39 is 118 Å². The van der Waals surface area contributed by atoms with Gasteiger partial charge in [-0.05, 0) is 88.1 Å². The minimum atomic E-state index is -1.79. The van der Waals surface area contributed by atoms with Crippen LogP contribution in [0.3, 0.4) is 0 Å². The molecule has 0 saturated carbocycles. The Kier molecular flexibility index (Phi) is 22.0. The van der Waals surface area contributed by atoms with Crippen molar-refractivity contribution in [2.45, 2.75) is 125 Å². The predicted octanol–water partition coefficient (Wildman–Crippen LogP) is 0.840. The topological polar surface area (TPSA) is 325 Å². The molecule has 0 spiro atoms. The Labute approximate surface area is 407 Å². The highest BCUT2D eigenvalue weighted by Gasteiger charge is 2.45. The number of carbonyl (C=O) groups is 9. The van der Waals surface area contributed by atoms with Gasteiger partial charge in [-0.1, -0.05) is 77.9 Å². The molecule has 20 nitrogen and oxygen atoms in total. The molecule has 0 radical (unpaired) electrons. The van der Waals surface area contributed by atoms with Crippen LogP contribution in [0.15, 0.2) is 54.6 Å². The number of aliphatic carboxylic acids is 2. The Hall–Kier alpha value is -5.52. The standard InChI is InChI=1S/C45H64N8O12S3/c1-24(2)19-30(39(60)49-29(17-18-66-7)38(59)51-32(43(64)65)22-34(56)57)50-42(63)36-45(5,6)68-67-44(3,4)35(52-37(58)28(46)20-26-13-15-27(54)16-14-26)41(62)47-23-33(55)48-31(40(61)53-36)21-25-11-9-8-10-12-25/h8-16,24,28-32,35-36,54H,17-23,46H2,1-7H3,(H,47,62)(H,48,55)(H,49,60)(H,50,63)(H,51,59)(H,52,58)(H,53,61)(H,56,57)(H,64,65)/t28-,29-,30-,31-,32-,35-,36?/m0/s1. The van der Waals surface area contributed by atoms with Gasteiger partial charge in [0.1, 0.15) is 42.0 Å². The molecule has 0 aliphatic carbocycles. The summed E-state index contributed by atoms with van der Waals surface area (Å²) in [6.07, 6.45) is 0.937. The normalized spacial score (nSPS) is 20.4. The molecular weight excluding hydrogens is 941 g/mol. The van der Waals surface area contributed by atoms with Crippen molar-refractivity contribution >= 4 is 86.6 Å². The summed E-state index contributed by atoms with van der Waals surface area (Å²) in [4.78, 5) is 121.